The van der Waals surface area contributed by atoms with E-state index in [4.69, 9.17) is 4.74 Å². The fourth-order valence-electron chi connectivity index (χ4n) is 3.84. The van der Waals surface area contributed by atoms with Crippen LogP contribution in [0.1, 0.15) is 36.4 Å². The third-order valence-electron chi connectivity index (χ3n) is 5.18. The van der Waals surface area contributed by atoms with Crippen molar-refractivity contribution in [3.05, 3.63) is 53.6 Å². The molecule has 0 saturated carbocycles. The molecule has 2 amide bonds. The molecule has 1 unspecified atom stereocenters. The molecule has 2 aliphatic rings. The Morgan fingerprint density at radius 3 is 2.89 bits per heavy atom. The number of para-hydroxylation sites is 2. The average molecular weight is 366 g/mol. The summed E-state index contributed by atoms with van der Waals surface area (Å²) in [5.74, 6) is 0.755. The van der Waals surface area contributed by atoms with Crippen LogP contribution in [0.15, 0.2) is 42.5 Å². The fourth-order valence-corrected chi connectivity index (χ4v) is 3.84. The van der Waals surface area contributed by atoms with Crippen LogP contribution in [0.2, 0.25) is 0 Å². The molecule has 0 fully saturated rings. The van der Waals surface area contributed by atoms with Gasteiger partial charge < -0.3 is 20.1 Å². The van der Waals surface area contributed by atoms with E-state index >= 15 is 0 Å². The molecule has 2 N–H and O–H groups in total. The van der Waals surface area contributed by atoms with E-state index in [1.165, 1.54) is 0 Å². The lowest BCUT2D eigenvalue weighted by atomic mass is 10.1. The minimum Gasteiger partial charge on any atom is -0.508 e. The van der Waals surface area contributed by atoms with Crippen LogP contribution >= 0.6 is 0 Å². The van der Waals surface area contributed by atoms with E-state index in [9.17, 15) is 14.7 Å². The van der Waals surface area contributed by atoms with Gasteiger partial charge in [-0.1, -0.05) is 24.3 Å². The standard InChI is InChI=1S/C21H22N2O4/c24-18-6-3-4-14-15(18)8-9-16(14)22-20(25)10-11-21(26)23-12-13-27-19-7-2-1-5-17(19)23/h1-7,16,24H,8-13H2,(H,22,25). The molecule has 2 aromatic rings. The molecule has 4 rings (SSSR count). The molecule has 6 heteroatoms. The van der Waals surface area contributed by atoms with E-state index in [0.717, 1.165) is 29.7 Å². The lowest BCUT2D eigenvalue weighted by Crippen LogP contribution is -2.38. The summed E-state index contributed by atoms with van der Waals surface area (Å²) in [4.78, 5) is 26.6. The van der Waals surface area contributed by atoms with Gasteiger partial charge in [0.15, 0.2) is 0 Å². The Hall–Kier alpha value is -3.02. The van der Waals surface area contributed by atoms with Gasteiger partial charge in [0, 0.05) is 12.8 Å². The lowest BCUT2D eigenvalue weighted by Gasteiger charge is -2.29. The van der Waals surface area contributed by atoms with E-state index in [2.05, 4.69) is 5.32 Å². The molecular weight excluding hydrogens is 344 g/mol. The molecule has 1 atom stereocenters. The number of nitrogens with zero attached hydrogens (tertiary/aromatic N) is 1. The summed E-state index contributed by atoms with van der Waals surface area (Å²) in [6.07, 6.45) is 1.81. The molecule has 0 saturated heterocycles. The van der Waals surface area contributed by atoms with Crippen molar-refractivity contribution in [1.82, 2.24) is 5.32 Å². The maximum atomic E-state index is 12.6. The van der Waals surface area contributed by atoms with Crippen LogP contribution in [0.3, 0.4) is 0 Å². The second-order valence-electron chi connectivity index (χ2n) is 6.87. The van der Waals surface area contributed by atoms with Crippen LogP contribution in [0.4, 0.5) is 5.69 Å². The van der Waals surface area contributed by atoms with Crippen molar-refractivity contribution in [1.29, 1.82) is 0 Å². The zero-order chi connectivity index (χ0) is 18.8. The van der Waals surface area contributed by atoms with Crippen molar-refractivity contribution in [3.8, 4) is 11.5 Å². The van der Waals surface area contributed by atoms with E-state index in [-0.39, 0.29) is 36.4 Å². The van der Waals surface area contributed by atoms with Gasteiger partial charge in [0.25, 0.3) is 0 Å². The summed E-state index contributed by atoms with van der Waals surface area (Å²) in [6, 6.07) is 12.7. The largest absolute Gasteiger partial charge is 0.508 e. The predicted octanol–water partition coefficient (Wildman–Crippen LogP) is 2.70. The first-order valence-corrected chi connectivity index (χ1v) is 9.26. The lowest BCUT2D eigenvalue weighted by molar-refractivity contribution is -0.125. The number of nitrogens with one attached hydrogen (secondary N) is 1. The number of hydrogen-bond acceptors (Lipinski definition) is 4. The van der Waals surface area contributed by atoms with E-state index in [1.807, 2.05) is 30.3 Å². The molecule has 1 aliphatic carbocycles. The van der Waals surface area contributed by atoms with Gasteiger partial charge >= 0.3 is 0 Å². The summed E-state index contributed by atoms with van der Waals surface area (Å²) in [6.45, 7) is 0.948. The van der Waals surface area contributed by atoms with Crippen LogP contribution in [0.25, 0.3) is 0 Å². The Bertz CT molecular complexity index is 880. The van der Waals surface area contributed by atoms with Gasteiger partial charge in [0.1, 0.15) is 18.1 Å². The normalized spacial score (nSPS) is 17.6. The molecule has 0 spiro atoms. The van der Waals surface area contributed by atoms with Crippen molar-refractivity contribution in [3.63, 3.8) is 0 Å². The fraction of sp³-hybridized carbons (Fsp3) is 0.333. The van der Waals surface area contributed by atoms with Crippen LogP contribution in [0.5, 0.6) is 11.5 Å². The molecule has 27 heavy (non-hydrogen) atoms. The van der Waals surface area contributed by atoms with Crippen molar-refractivity contribution < 1.29 is 19.4 Å². The number of phenolic OH excluding ortho intramolecular Hbond substituents is 1. The number of benzene rings is 2. The first-order chi connectivity index (χ1) is 13.1. The number of rotatable bonds is 4. The van der Waals surface area contributed by atoms with Gasteiger partial charge in [-0.2, -0.15) is 0 Å². The predicted molar refractivity (Wildman–Crippen MR) is 101 cm³/mol. The first-order valence-electron chi connectivity index (χ1n) is 9.26. The molecule has 0 bridgehead atoms. The second kappa shape index (κ2) is 7.31. The van der Waals surface area contributed by atoms with E-state index < -0.39 is 0 Å². The molecule has 0 aromatic heterocycles. The van der Waals surface area contributed by atoms with Crippen LogP contribution < -0.4 is 15.0 Å². The highest BCUT2D eigenvalue weighted by Gasteiger charge is 2.27. The maximum absolute atomic E-state index is 12.6. The summed E-state index contributed by atoms with van der Waals surface area (Å²) >= 11 is 0. The molecule has 6 nitrogen and oxygen atoms in total. The van der Waals surface area contributed by atoms with Gasteiger partial charge in [-0.15, -0.1) is 0 Å². The molecule has 0 radical (unpaired) electrons. The van der Waals surface area contributed by atoms with E-state index in [0.29, 0.717) is 18.9 Å². The summed E-state index contributed by atoms with van der Waals surface area (Å²) in [7, 11) is 0. The first kappa shape index (κ1) is 17.4. The van der Waals surface area contributed by atoms with Gasteiger partial charge in [-0.25, -0.2) is 0 Å². The number of carbonyl (C=O) groups excluding carboxylic acids is 2. The number of phenols is 1. The van der Waals surface area contributed by atoms with Gasteiger partial charge in [-0.05, 0) is 42.2 Å². The topological polar surface area (TPSA) is 78.9 Å². The van der Waals surface area contributed by atoms with Gasteiger partial charge in [0.05, 0.1) is 18.3 Å². The van der Waals surface area contributed by atoms with Crippen LogP contribution in [-0.4, -0.2) is 30.1 Å². The SMILES string of the molecule is O=C(CCC(=O)N1CCOc2ccccc21)NC1CCc2c(O)cccc21. The molecule has 140 valence electrons. The molecule has 1 aliphatic heterocycles. The minimum atomic E-state index is -0.147. The van der Waals surface area contributed by atoms with Crippen molar-refractivity contribution in [2.75, 3.05) is 18.1 Å². The Labute approximate surface area is 157 Å². The van der Waals surface area contributed by atoms with Gasteiger partial charge in [0.2, 0.25) is 11.8 Å². The number of hydrogen-bond donors (Lipinski definition) is 2. The number of aromatic hydroxyl groups is 1. The summed E-state index contributed by atoms with van der Waals surface area (Å²) < 4.78 is 5.57. The zero-order valence-electron chi connectivity index (χ0n) is 15.0. The average Bonchev–Trinajstić information content (AvgIpc) is 3.10. The smallest absolute Gasteiger partial charge is 0.227 e. The quantitative estimate of drug-likeness (QED) is 0.872. The third-order valence-corrected chi connectivity index (χ3v) is 5.18. The number of ether oxygens (including phenoxy) is 1. The highest BCUT2D eigenvalue weighted by Crippen LogP contribution is 2.36. The second-order valence-corrected chi connectivity index (χ2v) is 6.87. The zero-order valence-corrected chi connectivity index (χ0v) is 15.0. The van der Waals surface area contributed by atoms with Crippen LogP contribution in [0, 0.1) is 0 Å². The molecule has 1 heterocycles. The monoisotopic (exact) mass is 366 g/mol. The Morgan fingerprint density at radius 2 is 2.00 bits per heavy atom. The van der Waals surface area contributed by atoms with Crippen molar-refractivity contribution in [2.24, 2.45) is 0 Å². The number of amides is 2. The van der Waals surface area contributed by atoms with Crippen molar-refractivity contribution >= 4 is 17.5 Å². The summed E-state index contributed by atoms with van der Waals surface area (Å²) in [5, 5.41) is 12.9. The highest BCUT2D eigenvalue weighted by atomic mass is 16.5. The molecular formula is C21H22N2O4. The van der Waals surface area contributed by atoms with Crippen LogP contribution in [-0.2, 0) is 16.0 Å². The summed E-state index contributed by atoms with van der Waals surface area (Å²) in [5.41, 5.74) is 2.63. The van der Waals surface area contributed by atoms with E-state index in [1.54, 1.807) is 17.0 Å². The Kier molecular flexibility index (Phi) is 4.71. The van der Waals surface area contributed by atoms with Crippen molar-refractivity contribution in [2.45, 2.75) is 31.7 Å². The Morgan fingerprint density at radius 1 is 1.15 bits per heavy atom. The number of carbonyl (C=O) groups is 2. The Balaban J connectivity index is 1.34. The number of anilines is 1. The number of fused-ring (bicyclic) bond motifs is 2. The molecule has 2 aromatic carbocycles. The minimum absolute atomic E-state index is 0.0784. The maximum Gasteiger partial charge on any atom is 0.227 e. The van der Waals surface area contributed by atoms with Gasteiger partial charge in [-0.3, -0.25) is 9.59 Å². The third kappa shape index (κ3) is 3.47. The highest BCUT2D eigenvalue weighted by molar-refractivity contribution is 5.97.